The van der Waals surface area contributed by atoms with Crippen LogP contribution in [0, 0.1) is 19.8 Å². The summed E-state index contributed by atoms with van der Waals surface area (Å²) < 4.78 is 0. The number of benzene rings is 2. The van der Waals surface area contributed by atoms with Crippen molar-refractivity contribution in [3.63, 3.8) is 0 Å². The second-order valence-electron chi connectivity index (χ2n) is 6.12. The van der Waals surface area contributed by atoms with E-state index in [2.05, 4.69) is 79.9 Å². The van der Waals surface area contributed by atoms with Crippen LogP contribution in [-0.2, 0) is 6.42 Å². The molecule has 0 aliphatic rings. The average Bonchev–Trinajstić information content (AvgIpc) is 2.55. The van der Waals surface area contributed by atoms with Gasteiger partial charge in [-0.2, -0.15) is 0 Å². The Morgan fingerprint density at radius 1 is 1.09 bits per heavy atom. The van der Waals surface area contributed by atoms with E-state index in [0.717, 1.165) is 25.1 Å². The van der Waals surface area contributed by atoms with Gasteiger partial charge in [-0.1, -0.05) is 61.4 Å². The first kappa shape index (κ1) is 17.5. The van der Waals surface area contributed by atoms with Gasteiger partial charge in [-0.15, -0.1) is 0 Å². The van der Waals surface area contributed by atoms with Crippen molar-refractivity contribution in [3.05, 3.63) is 65.2 Å². The topological polar surface area (TPSA) is 24.1 Å². The monoisotopic (exact) mass is 326 g/mol. The molecule has 2 N–H and O–H groups in total. The molecule has 0 aliphatic carbocycles. The van der Waals surface area contributed by atoms with Gasteiger partial charge in [-0.3, -0.25) is 0 Å². The van der Waals surface area contributed by atoms with Crippen LogP contribution in [0.1, 0.15) is 30.0 Å². The lowest BCUT2D eigenvalue weighted by molar-refractivity contribution is 0.498. The number of hydrogen-bond acceptors (Lipinski definition) is 1. The highest BCUT2D eigenvalue weighted by molar-refractivity contribution is 7.80. The molecule has 0 aromatic heterocycles. The minimum absolute atomic E-state index is 0.580. The Kier molecular flexibility index (Phi) is 6.60. The van der Waals surface area contributed by atoms with Crippen molar-refractivity contribution in [2.45, 2.75) is 33.6 Å². The normalized spacial score (nSPS) is 11.8. The van der Waals surface area contributed by atoms with Crippen molar-refractivity contribution in [1.29, 1.82) is 0 Å². The number of nitrogens with one attached hydrogen (secondary N) is 2. The van der Waals surface area contributed by atoms with Crippen LogP contribution >= 0.6 is 12.2 Å². The summed E-state index contributed by atoms with van der Waals surface area (Å²) in [5, 5.41) is 7.36. The summed E-state index contributed by atoms with van der Waals surface area (Å²) in [5.41, 5.74) is 4.94. The fourth-order valence-corrected chi connectivity index (χ4v) is 2.86. The molecule has 0 radical (unpaired) electrons. The van der Waals surface area contributed by atoms with Gasteiger partial charge in [-0.05, 0) is 55.6 Å². The van der Waals surface area contributed by atoms with Gasteiger partial charge in [0.1, 0.15) is 0 Å². The Balaban J connectivity index is 1.84. The SMILES string of the molecule is CC[C@@H](CNC(=S)Nc1ccc(C)cc1C)Cc1ccccc1. The van der Waals surface area contributed by atoms with Gasteiger partial charge < -0.3 is 10.6 Å². The lowest BCUT2D eigenvalue weighted by Gasteiger charge is -2.18. The van der Waals surface area contributed by atoms with E-state index in [1.165, 1.54) is 16.7 Å². The second kappa shape index (κ2) is 8.68. The lowest BCUT2D eigenvalue weighted by atomic mass is 9.97. The van der Waals surface area contributed by atoms with E-state index in [9.17, 15) is 0 Å². The van der Waals surface area contributed by atoms with Gasteiger partial charge in [-0.25, -0.2) is 0 Å². The molecule has 2 rings (SSSR count). The van der Waals surface area contributed by atoms with Crippen LogP contribution in [0.5, 0.6) is 0 Å². The third-order valence-corrected chi connectivity index (χ3v) is 4.37. The highest BCUT2D eigenvalue weighted by Crippen LogP contribution is 2.16. The number of thiocarbonyl (C=S) groups is 1. The summed E-state index contributed by atoms with van der Waals surface area (Å²) in [5.74, 6) is 0.580. The largest absolute Gasteiger partial charge is 0.362 e. The molecule has 2 aromatic carbocycles. The number of aryl methyl sites for hydroxylation is 2. The second-order valence-corrected chi connectivity index (χ2v) is 6.53. The first-order chi connectivity index (χ1) is 11.1. The Labute approximate surface area is 145 Å². The first-order valence-corrected chi connectivity index (χ1v) is 8.65. The molecule has 0 aliphatic heterocycles. The molecule has 0 fully saturated rings. The van der Waals surface area contributed by atoms with E-state index in [1.54, 1.807) is 0 Å². The number of anilines is 1. The molecule has 122 valence electrons. The zero-order valence-corrected chi connectivity index (χ0v) is 15.0. The summed E-state index contributed by atoms with van der Waals surface area (Å²) in [6, 6.07) is 17.0. The first-order valence-electron chi connectivity index (χ1n) is 8.24. The summed E-state index contributed by atoms with van der Waals surface area (Å²) in [4.78, 5) is 0. The van der Waals surface area contributed by atoms with Gasteiger partial charge in [0.25, 0.3) is 0 Å². The standard InChI is InChI=1S/C20H26N2S/c1-4-17(13-18-8-6-5-7-9-18)14-21-20(23)22-19-11-10-15(2)12-16(19)3/h5-12,17H,4,13-14H2,1-3H3,(H2,21,22,23)/t17-/m1/s1. The molecular formula is C20H26N2S. The molecule has 0 bridgehead atoms. The molecule has 0 unspecified atom stereocenters. The summed E-state index contributed by atoms with van der Waals surface area (Å²) >= 11 is 5.44. The Morgan fingerprint density at radius 2 is 1.83 bits per heavy atom. The van der Waals surface area contributed by atoms with E-state index in [4.69, 9.17) is 12.2 Å². The highest BCUT2D eigenvalue weighted by atomic mass is 32.1. The van der Waals surface area contributed by atoms with Gasteiger partial charge in [0, 0.05) is 12.2 Å². The molecule has 0 saturated carbocycles. The van der Waals surface area contributed by atoms with Crippen LogP contribution in [0.25, 0.3) is 0 Å². The molecule has 1 atom stereocenters. The molecule has 0 spiro atoms. The quantitative estimate of drug-likeness (QED) is 0.741. The fraction of sp³-hybridized carbons (Fsp3) is 0.350. The molecule has 0 saturated heterocycles. The molecular weight excluding hydrogens is 300 g/mol. The van der Waals surface area contributed by atoms with Crippen molar-refractivity contribution in [3.8, 4) is 0 Å². The molecule has 3 heteroatoms. The van der Waals surface area contributed by atoms with Crippen molar-refractivity contribution in [1.82, 2.24) is 5.32 Å². The third kappa shape index (κ3) is 5.68. The lowest BCUT2D eigenvalue weighted by Crippen LogP contribution is -2.33. The zero-order valence-electron chi connectivity index (χ0n) is 14.2. The van der Waals surface area contributed by atoms with Gasteiger partial charge >= 0.3 is 0 Å². The fourth-order valence-electron chi connectivity index (χ4n) is 2.67. The maximum absolute atomic E-state index is 5.44. The number of rotatable bonds is 6. The van der Waals surface area contributed by atoms with Gasteiger partial charge in [0.2, 0.25) is 0 Å². The highest BCUT2D eigenvalue weighted by Gasteiger charge is 2.09. The maximum Gasteiger partial charge on any atom is 0.170 e. The van der Waals surface area contributed by atoms with E-state index >= 15 is 0 Å². The van der Waals surface area contributed by atoms with Crippen LogP contribution in [0.2, 0.25) is 0 Å². The van der Waals surface area contributed by atoms with E-state index in [1.807, 2.05) is 0 Å². The van der Waals surface area contributed by atoms with Crippen LogP contribution in [-0.4, -0.2) is 11.7 Å². The minimum Gasteiger partial charge on any atom is -0.362 e. The molecule has 0 amide bonds. The minimum atomic E-state index is 0.580. The molecule has 23 heavy (non-hydrogen) atoms. The van der Waals surface area contributed by atoms with E-state index < -0.39 is 0 Å². The van der Waals surface area contributed by atoms with Crippen LogP contribution in [0.15, 0.2) is 48.5 Å². The van der Waals surface area contributed by atoms with Crippen LogP contribution < -0.4 is 10.6 Å². The zero-order chi connectivity index (χ0) is 16.7. The predicted molar refractivity (Wildman–Crippen MR) is 104 cm³/mol. The van der Waals surface area contributed by atoms with Gasteiger partial charge in [0.05, 0.1) is 0 Å². The van der Waals surface area contributed by atoms with Crippen LogP contribution in [0.4, 0.5) is 5.69 Å². The Bertz CT molecular complexity index is 637. The molecule has 2 nitrogen and oxygen atoms in total. The van der Waals surface area contributed by atoms with Crippen molar-refractivity contribution < 1.29 is 0 Å². The number of hydrogen-bond donors (Lipinski definition) is 2. The summed E-state index contributed by atoms with van der Waals surface area (Å²) in [6.07, 6.45) is 2.21. The Morgan fingerprint density at radius 3 is 2.48 bits per heavy atom. The van der Waals surface area contributed by atoms with E-state index in [-0.39, 0.29) is 0 Å². The van der Waals surface area contributed by atoms with Crippen molar-refractivity contribution >= 4 is 23.0 Å². The third-order valence-electron chi connectivity index (χ3n) is 4.13. The summed E-state index contributed by atoms with van der Waals surface area (Å²) in [7, 11) is 0. The Hall–Kier alpha value is -1.87. The van der Waals surface area contributed by atoms with Crippen molar-refractivity contribution in [2.75, 3.05) is 11.9 Å². The maximum atomic E-state index is 5.44. The molecule has 2 aromatic rings. The average molecular weight is 327 g/mol. The smallest absolute Gasteiger partial charge is 0.170 e. The van der Waals surface area contributed by atoms with Crippen LogP contribution in [0.3, 0.4) is 0 Å². The summed E-state index contributed by atoms with van der Waals surface area (Å²) in [6.45, 7) is 7.32. The van der Waals surface area contributed by atoms with Crippen molar-refractivity contribution in [2.24, 2.45) is 5.92 Å². The van der Waals surface area contributed by atoms with Gasteiger partial charge in [0.15, 0.2) is 5.11 Å². The molecule has 0 heterocycles. The van der Waals surface area contributed by atoms with E-state index in [0.29, 0.717) is 11.0 Å². The predicted octanol–water partition coefficient (Wildman–Crippen LogP) is 4.86.